The molecule has 1 aromatic carbocycles. The van der Waals surface area contributed by atoms with Crippen LogP contribution in [0.3, 0.4) is 0 Å². The first-order valence-corrected chi connectivity index (χ1v) is 6.33. The summed E-state index contributed by atoms with van der Waals surface area (Å²) in [7, 11) is 0. The maximum Gasteiger partial charge on any atom is 0.111 e. The molecule has 0 amide bonds. The topological polar surface area (TPSA) is 53.2 Å². The SMILES string of the molecule is CC(O)(Cc1ccc(Cl)cc1)C1(C#N)CCOC1. The molecule has 4 heteroatoms. The number of benzene rings is 1. The first-order chi connectivity index (χ1) is 8.49. The molecule has 1 aromatic rings. The van der Waals surface area contributed by atoms with Crippen LogP contribution in [0.4, 0.5) is 0 Å². The minimum Gasteiger partial charge on any atom is -0.388 e. The number of aliphatic hydroxyl groups is 1. The van der Waals surface area contributed by atoms with Crippen LogP contribution < -0.4 is 0 Å². The van der Waals surface area contributed by atoms with Gasteiger partial charge in [0.15, 0.2) is 0 Å². The second kappa shape index (κ2) is 4.89. The molecule has 18 heavy (non-hydrogen) atoms. The summed E-state index contributed by atoms with van der Waals surface area (Å²) in [6.07, 6.45) is 0.991. The van der Waals surface area contributed by atoms with Crippen LogP contribution >= 0.6 is 11.6 Å². The highest BCUT2D eigenvalue weighted by Crippen LogP contribution is 2.40. The van der Waals surface area contributed by atoms with Gasteiger partial charge in [-0.25, -0.2) is 0 Å². The lowest BCUT2D eigenvalue weighted by Crippen LogP contribution is -2.47. The van der Waals surface area contributed by atoms with Crippen molar-refractivity contribution in [3.63, 3.8) is 0 Å². The molecular formula is C14H16ClNO2. The van der Waals surface area contributed by atoms with Gasteiger partial charge in [0.05, 0.1) is 18.3 Å². The zero-order valence-electron chi connectivity index (χ0n) is 10.3. The van der Waals surface area contributed by atoms with Crippen LogP contribution in [0.2, 0.25) is 5.02 Å². The Morgan fingerprint density at radius 3 is 2.67 bits per heavy atom. The zero-order chi connectivity index (χ0) is 13.2. The van der Waals surface area contributed by atoms with Crippen LogP contribution in [0, 0.1) is 16.7 Å². The summed E-state index contributed by atoms with van der Waals surface area (Å²) in [4.78, 5) is 0. The van der Waals surface area contributed by atoms with Crippen LogP contribution in [0.5, 0.6) is 0 Å². The largest absolute Gasteiger partial charge is 0.388 e. The zero-order valence-corrected chi connectivity index (χ0v) is 11.1. The Labute approximate surface area is 112 Å². The molecule has 2 atom stereocenters. The Morgan fingerprint density at radius 2 is 2.17 bits per heavy atom. The molecule has 1 heterocycles. The number of rotatable bonds is 3. The van der Waals surface area contributed by atoms with Crippen LogP contribution in [0.15, 0.2) is 24.3 Å². The summed E-state index contributed by atoms with van der Waals surface area (Å²) in [5.41, 5.74) is -0.954. The van der Waals surface area contributed by atoms with Gasteiger partial charge in [-0.05, 0) is 31.0 Å². The summed E-state index contributed by atoms with van der Waals surface area (Å²) in [6.45, 7) is 2.54. The van der Waals surface area contributed by atoms with Crippen molar-refractivity contribution in [1.82, 2.24) is 0 Å². The van der Waals surface area contributed by atoms with Gasteiger partial charge >= 0.3 is 0 Å². The second-order valence-electron chi connectivity index (χ2n) is 5.07. The van der Waals surface area contributed by atoms with Gasteiger partial charge in [-0.3, -0.25) is 0 Å². The number of halogens is 1. The highest BCUT2D eigenvalue weighted by atomic mass is 35.5. The Hall–Kier alpha value is -1.08. The molecule has 0 aromatic heterocycles. The van der Waals surface area contributed by atoms with E-state index in [1.165, 1.54) is 0 Å². The van der Waals surface area contributed by atoms with E-state index in [9.17, 15) is 10.4 Å². The lowest BCUT2D eigenvalue weighted by atomic mass is 9.70. The van der Waals surface area contributed by atoms with E-state index < -0.39 is 11.0 Å². The smallest absolute Gasteiger partial charge is 0.111 e. The highest BCUT2D eigenvalue weighted by Gasteiger charge is 2.50. The lowest BCUT2D eigenvalue weighted by Gasteiger charge is -2.36. The second-order valence-corrected chi connectivity index (χ2v) is 5.51. The number of nitriles is 1. The van der Waals surface area contributed by atoms with Crippen molar-refractivity contribution in [3.8, 4) is 6.07 Å². The fourth-order valence-corrected chi connectivity index (χ4v) is 2.49. The van der Waals surface area contributed by atoms with Crippen molar-refractivity contribution in [2.24, 2.45) is 5.41 Å². The van der Waals surface area contributed by atoms with Crippen molar-refractivity contribution in [3.05, 3.63) is 34.9 Å². The van der Waals surface area contributed by atoms with E-state index >= 15 is 0 Å². The summed E-state index contributed by atoms with van der Waals surface area (Å²) in [5, 5.41) is 20.7. The normalized spacial score (nSPS) is 26.6. The predicted octanol–water partition coefficient (Wildman–Crippen LogP) is 2.56. The minimum absolute atomic E-state index is 0.296. The van der Waals surface area contributed by atoms with Gasteiger partial charge < -0.3 is 9.84 Å². The number of nitrogens with zero attached hydrogens (tertiary/aromatic N) is 1. The molecule has 0 bridgehead atoms. The van der Waals surface area contributed by atoms with Crippen molar-refractivity contribution >= 4 is 11.6 Å². The number of hydrogen-bond donors (Lipinski definition) is 1. The third-order valence-electron chi connectivity index (χ3n) is 3.73. The Morgan fingerprint density at radius 1 is 1.50 bits per heavy atom. The van der Waals surface area contributed by atoms with E-state index in [2.05, 4.69) is 6.07 Å². The Balaban J connectivity index is 2.21. The highest BCUT2D eigenvalue weighted by molar-refractivity contribution is 6.30. The predicted molar refractivity (Wildman–Crippen MR) is 69.3 cm³/mol. The maximum atomic E-state index is 10.7. The van der Waals surface area contributed by atoms with Crippen molar-refractivity contribution < 1.29 is 9.84 Å². The molecule has 0 spiro atoms. The average Bonchev–Trinajstić information content (AvgIpc) is 2.82. The summed E-state index contributed by atoms with van der Waals surface area (Å²) in [6, 6.07) is 9.57. The molecule has 3 nitrogen and oxygen atoms in total. The van der Waals surface area contributed by atoms with E-state index in [1.54, 1.807) is 19.1 Å². The van der Waals surface area contributed by atoms with Crippen LogP contribution in [-0.2, 0) is 11.2 Å². The molecule has 0 saturated carbocycles. The molecule has 1 aliphatic rings. The van der Waals surface area contributed by atoms with Gasteiger partial charge in [0.1, 0.15) is 5.41 Å². The Bertz CT molecular complexity index is 456. The average molecular weight is 266 g/mol. The van der Waals surface area contributed by atoms with E-state index in [-0.39, 0.29) is 0 Å². The van der Waals surface area contributed by atoms with Crippen LogP contribution in [0.1, 0.15) is 18.9 Å². The summed E-state index contributed by atoms with van der Waals surface area (Å²) >= 11 is 5.83. The van der Waals surface area contributed by atoms with Gasteiger partial charge in [-0.2, -0.15) is 5.26 Å². The molecule has 2 rings (SSSR count). The molecular weight excluding hydrogens is 250 g/mol. The first kappa shape index (κ1) is 13.4. The molecule has 2 unspecified atom stereocenters. The van der Waals surface area contributed by atoms with E-state index in [0.29, 0.717) is 31.1 Å². The van der Waals surface area contributed by atoms with Gasteiger partial charge in [0.25, 0.3) is 0 Å². The fourth-order valence-electron chi connectivity index (χ4n) is 2.37. The molecule has 1 aliphatic heterocycles. The lowest BCUT2D eigenvalue weighted by molar-refractivity contribution is -0.0419. The van der Waals surface area contributed by atoms with E-state index in [4.69, 9.17) is 16.3 Å². The third kappa shape index (κ3) is 2.37. The van der Waals surface area contributed by atoms with Gasteiger partial charge in [0.2, 0.25) is 0 Å². The summed E-state index contributed by atoms with van der Waals surface area (Å²) in [5.74, 6) is 0. The minimum atomic E-state index is -1.11. The van der Waals surface area contributed by atoms with E-state index in [0.717, 1.165) is 5.56 Å². The molecule has 0 radical (unpaired) electrons. The third-order valence-corrected chi connectivity index (χ3v) is 3.98. The quantitative estimate of drug-likeness (QED) is 0.914. The van der Waals surface area contributed by atoms with Gasteiger partial charge in [-0.15, -0.1) is 0 Å². The van der Waals surface area contributed by atoms with E-state index in [1.807, 2.05) is 12.1 Å². The monoisotopic (exact) mass is 265 g/mol. The van der Waals surface area contributed by atoms with Crippen molar-refractivity contribution in [2.75, 3.05) is 13.2 Å². The van der Waals surface area contributed by atoms with Gasteiger partial charge in [0, 0.05) is 18.1 Å². The molecule has 1 N–H and O–H groups in total. The fraction of sp³-hybridized carbons (Fsp3) is 0.500. The van der Waals surface area contributed by atoms with Crippen LogP contribution in [0.25, 0.3) is 0 Å². The maximum absolute atomic E-state index is 10.7. The number of hydrogen-bond acceptors (Lipinski definition) is 3. The molecule has 1 saturated heterocycles. The first-order valence-electron chi connectivity index (χ1n) is 5.95. The number of ether oxygens (including phenoxy) is 1. The Kier molecular flexibility index (Phi) is 3.63. The molecule has 96 valence electrons. The standard InChI is InChI=1S/C14H16ClNO2/c1-13(17,14(9-16)6-7-18-10-14)8-11-2-4-12(15)5-3-11/h2-5,17H,6-8,10H2,1H3. The molecule has 1 fully saturated rings. The van der Waals surface area contributed by atoms with Crippen LogP contribution in [-0.4, -0.2) is 23.9 Å². The van der Waals surface area contributed by atoms with Crippen molar-refractivity contribution in [1.29, 1.82) is 5.26 Å². The molecule has 0 aliphatic carbocycles. The summed E-state index contributed by atoms with van der Waals surface area (Å²) < 4.78 is 5.29. The van der Waals surface area contributed by atoms with Gasteiger partial charge in [-0.1, -0.05) is 23.7 Å². The van der Waals surface area contributed by atoms with Crippen molar-refractivity contribution in [2.45, 2.75) is 25.4 Å².